The molecule has 3 aromatic rings. The molecule has 0 amide bonds. The Morgan fingerprint density at radius 2 is 2.10 bits per heavy atom. The van der Waals surface area contributed by atoms with E-state index in [1.807, 2.05) is 22.9 Å². The zero-order valence-electron chi connectivity index (χ0n) is 17.6. The highest BCUT2D eigenvalue weighted by molar-refractivity contribution is 5.57. The van der Waals surface area contributed by atoms with Crippen molar-refractivity contribution >= 4 is 11.5 Å². The van der Waals surface area contributed by atoms with Crippen molar-refractivity contribution < 1.29 is 0 Å². The van der Waals surface area contributed by atoms with Crippen LogP contribution in [0.3, 0.4) is 0 Å². The van der Waals surface area contributed by atoms with Gasteiger partial charge in [0.05, 0.1) is 5.69 Å². The number of piperidine rings is 1. The Bertz CT molecular complexity index is 949. The molecule has 0 aromatic carbocycles. The Labute approximate surface area is 173 Å². The van der Waals surface area contributed by atoms with E-state index in [1.54, 1.807) is 6.20 Å². The summed E-state index contributed by atoms with van der Waals surface area (Å²) in [6.45, 7) is 10.4. The molecule has 1 aliphatic rings. The fourth-order valence-electron chi connectivity index (χ4n) is 4.12. The summed E-state index contributed by atoms with van der Waals surface area (Å²) in [5, 5.41) is 8.01. The van der Waals surface area contributed by atoms with Crippen LogP contribution in [0.25, 0.3) is 0 Å². The molecule has 1 saturated heterocycles. The maximum absolute atomic E-state index is 4.87. The van der Waals surface area contributed by atoms with E-state index in [9.17, 15) is 0 Å². The molecule has 6 heteroatoms. The number of hydrogen-bond donors (Lipinski definition) is 1. The molecule has 0 unspecified atom stereocenters. The second-order valence-corrected chi connectivity index (χ2v) is 7.93. The van der Waals surface area contributed by atoms with Crippen molar-refractivity contribution in [3.05, 3.63) is 65.4 Å². The van der Waals surface area contributed by atoms with Crippen molar-refractivity contribution in [1.29, 1.82) is 0 Å². The van der Waals surface area contributed by atoms with Gasteiger partial charge >= 0.3 is 0 Å². The summed E-state index contributed by atoms with van der Waals surface area (Å²) in [5.74, 6) is 1.31. The first-order valence-corrected chi connectivity index (χ1v) is 10.5. The fourth-order valence-corrected chi connectivity index (χ4v) is 4.12. The topological polar surface area (TPSA) is 58.9 Å². The normalized spacial score (nSPS) is 17.4. The van der Waals surface area contributed by atoms with Crippen LogP contribution in [-0.2, 0) is 13.1 Å². The van der Waals surface area contributed by atoms with Gasteiger partial charge < -0.3 is 5.32 Å². The van der Waals surface area contributed by atoms with E-state index in [2.05, 4.69) is 59.4 Å². The van der Waals surface area contributed by atoms with Crippen LogP contribution in [0.1, 0.15) is 48.3 Å². The Morgan fingerprint density at radius 1 is 1.21 bits per heavy atom. The van der Waals surface area contributed by atoms with Crippen molar-refractivity contribution in [2.45, 2.75) is 52.6 Å². The number of likely N-dealkylation sites (tertiary alicyclic amines) is 1. The summed E-state index contributed by atoms with van der Waals surface area (Å²) in [5.41, 5.74) is 5.75. The van der Waals surface area contributed by atoms with Gasteiger partial charge in [0.25, 0.3) is 0 Å². The van der Waals surface area contributed by atoms with Gasteiger partial charge in [-0.25, -0.2) is 4.98 Å². The highest BCUT2D eigenvalue weighted by atomic mass is 15.3. The van der Waals surface area contributed by atoms with E-state index >= 15 is 0 Å². The van der Waals surface area contributed by atoms with Crippen LogP contribution in [0.5, 0.6) is 0 Å². The second kappa shape index (κ2) is 8.74. The smallest absolute Gasteiger partial charge is 0.130 e. The van der Waals surface area contributed by atoms with Gasteiger partial charge in [-0.15, -0.1) is 0 Å². The van der Waals surface area contributed by atoms with Gasteiger partial charge in [0.1, 0.15) is 5.82 Å². The number of rotatable bonds is 6. The molecule has 3 aromatic heterocycles. The molecule has 1 fully saturated rings. The minimum Gasteiger partial charge on any atom is -0.340 e. The quantitative estimate of drug-likeness (QED) is 0.675. The lowest BCUT2D eigenvalue weighted by molar-refractivity contribution is 0.198. The van der Waals surface area contributed by atoms with Crippen molar-refractivity contribution in [3.63, 3.8) is 0 Å². The van der Waals surface area contributed by atoms with Crippen LogP contribution in [0.15, 0.2) is 42.7 Å². The zero-order valence-corrected chi connectivity index (χ0v) is 17.6. The predicted molar refractivity (Wildman–Crippen MR) is 116 cm³/mol. The molecule has 4 heterocycles. The molecule has 152 valence electrons. The van der Waals surface area contributed by atoms with Gasteiger partial charge in [0, 0.05) is 60.6 Å². The van der Waals surface area contributed by atoms with Gasteiger partial charge in [-0.05, 0) is 64.4 Å². The molecule has 0 saturated carbocycles. The minimum atomic E-state index is 0.453. The number of nitrogens with one attached hydrogen (secondary N) is 1. The van der Waals surface area contributed by atoms with E-state index in [0.29, 0.717) is 5.92 Å². The number of hydrogen-bond acceptors (Lipinski definition) is 5. The summed E-state index contributed by atoms with van der Waals surface area (Å²) in [6, 6.07) is 10.2. The number of pyridine rings is 2. The van der Waals surface area contributed by atoms with Gasteiger partial charge in [-0.3, -0.25) is 14.6 Å². The molecule has 0 radical (unpaired) electrons. The summed E-state index contributed by atoms with van der Waals surface area (Å²) in [6.07, 6.45) is 6.38. The second-order valence-electron chi connectivity index (χ2n) is 7.93. The summed E-state index contributed by atoms with van der Waals surface area (Å²) >= 11 is 0. The van der Waals surface area contributed by atoms with Crippen LogP contribution < -0.4 is 5.32 Å². The third-order valence-corrected chi connectivity index (χ3v) is 5.60. The van der Waals surface area contributed by atoms with Gasteiger partial charge in [0.15, 0.2) is 0 Å². The lowest BCUT2D eigenvalue weighted by Gasteiger charge is -2.32. The SMILES string of the molecule is CCn1cc(CN2CCC[C@H](c3cc(Nc4ccccn4)cc(C)n3)C2)c(C)n1. The van der Waals surface area contributed by atoms with E-state index in [-0.39, 0.29) is 0 Å². The lowest BCUT2D eigenvalue weighted by atomic mass is 9.93. The predicted octanol–water partition coefficient (Wildman–Crippen LogP) is 4.43. The molecule has 0 bridgehead atoms. The third-order valence-electron chi connectivity index (χ3n) is 5.60. The number of nitrogens with zero attached hydrogens (tertiary/aromatic N) is 5. The summed E-state index contributed by atoms with van der Waals surface area (Å²) < 4.78 is 2.03. The van der Waals surface area contributed by atoms with Crippen LogP contribution in [0.4, 0.5) is 11.5 Å². The van der Waals surface area contributed by atoms with Crippen LogP contribution in [0, 0.1) is 13.8 Å². The Kier molecular flexibility index (Phi) is 5.90. The standard InChI is InChI=1S/C23H30N6/c1-4-29-16-20(18(3)27-29)15-28-11-7-8-19(14-28)22-13-21(12-17(2)25-22)26-23-9-5-6-10-24-23/h5-6,9-10,12-13,16,19H,4,7-8,11,14-15H2,1-3H3,(H,24,25,26)/t19-/m0/s1. The fraction of sp³-hybridized carbons (Fsp3) is 0.435. The molecule has 0 aliphatic carbocycles. The van der Waals surface area contributed by atoms with Crippen molar-refractivity contribution in [3.8, 4) is 0 Å². The molecule has 1 aliphatic heterocycles. The maximum Gasteiger partial charge on any atom is 0.130 e. The average molecular weight is 391 g/mol. The maximum atomic E-state index is 4.87. The molecule has 0 spiro atoms. The largest absolute Gasteiger partial charge is 0.340 e. The number of aryl methyl sites for hydroxylation is 3. The summed E-state index contributed by atoms with van der Waals surface area (Å²) in [7, 11) is 0. The molecular formula is C23H30N6. The average Bonchev–Trinajstić information content (AvgIpc) is 3.08. The first-order valence-electron chi connectivity index (χ1n) is 10.5. The van der Waals surface area contributed by atoms with Crippen molar-refractivity contribution in [1.82, 2.24) is 24.6 Å². The molecule has 1 N–H and O–H groups in total. The monoisotopic (exact) mass is 390 g/mol. The van der Waals surface area contributed by atoms with E-state index in [0.717, 1.165) is 49.1 Å². The van der Waals surface area contributed by atoms with Crippen LogP contribution in [-0.4, -0.2) is 37.7 Å². The molecule has 4 rings (SSSR count). The highest BCUT2D eigenvalue weighted by Gasteiger charge is 2.24. The number of anilines is 2. The molecule has 6 nitrogen and oxygen atoms in total. The molecule has 1 atom stereocenters. The van der Waals surface area contributed by atoms with Crippen molar-refractivity contribution in [2.24, 2.45) is 0 Å². The first-order chi connectivity index (χ1) is 14.1. The van der Waals surface area contributed by atoms with Crippen LogP contribution >= 0.6 is 0 Å². The zero-order chi connectivity index (χ0) is 20.2. The van der Waals surface area contributed by atoms with E-state index < -0.39 is 0 Å². The number of aromatic nitrogens is 4. The van der Waals surface area contributed by atoms with Gasteiger partial charge in [-0.2, -0.15) is 5.10 Å². The van der Waals surface area contributed by atoms with Gasteiger partial charge in [0.2, 0.25) is 0 Å². The Balaban J connectivity index is 1.48. The van der Waals surface area contributed by atoms with Crippen molar-refractivity contribution in [2.75, 3.05) is 18.4 Å². The van der Waals surface area contributed by atoms with E-state index in [1.165, 1.54) is 24.1 Å². The highest BCUT2D eigenvalue weighted by Crippen LogP contribution is 2.29. The first kappa shape index (κ1) is 19.6. The Morgan fingerprint density at radius 3 is 2.86 bits per heavy atom. The van der Waals surface area contributed by atoms with E-state index in [4.69, 9.17) is 4.98 Å². The van der Waals surface area contributed by atoms with Crippen LogP contribution in [0.2, 0.25) is 0 Å². The molecule has 29 heavy (non-hydrogen) atoms. The third kappa shape index (κ3) is 4.82. The lowest BCUT2D eigenvalue weighted by Crippen LogP contribution is -2.34. The summed E-state index contributed by atoms with van der Waals surface area (Å²) in [4.78, 5) is 11.8. The molecular weight excluding hydrogens is 360 g/mol. The Hall–Kier alpha value is -2.73. The minimum absolute atomic E-state index is 0.453. The van der Waals surface area contributed by atoms with Gasteiger partial charge in [-0.1, -0.05) is 6.07 Å².